The number of carbonyl (C=O) groups excluding carboxylic acids is 1. The maximum Gasteiger partial charge on any atom is 0.281 e. The third-order valence-electron chi connectivity index (χ3n) is 3.31. The summed E-state index contributed by atoms with van der Waals surface area (Å²) in [7, 11) is 1.56. The summed E-state index contributed by atoms with van der Waals surface area (Å²) in [4.78, 5) is 18.2. The third-order valence-corrected chi connectivity index (χ3v) is 5.67. The van der Waals surface area contributed by atoms with Gasteiger partial charge in [0.2, 0.25) is 0 Å². The Morgan fingerprint density at radius 1 is 1.39 bits per heavy atom. The van der Waals surface area contributed by atoms with Crippen molar-refractivity contribution in [1.82, 2.24) is 5.43 Å². The van der Waals surface area contributed by atoms with Crippen molar-refractivity contribution in [1.29, 1.82) is 0 Å². The van der Waals surface area contributed by atoms with Crippen molar-refractivity contribution >= 4 is 40.9 Å². The number of thiophene rings is 1. The van der Waals surface area contributed by atoms with Gasteiger partial charge in [-0.25, -0.2) is 5.43 Å². The maximum atomic E-state index is 12.5. The Morgan fingerprint density at radius 3 is 2.74 bits per heavy atom. The van der Waals surface area contributed by atoms with Gasteiger partial charge < -0.3 is 4.84 Å². The van der Waals surface area contributed by atoms with E-state index in [1.165, 1.54) is 11.3 Å². The molecule has 0 saturated heterocycles. The van der Waals surface area contributed by atoms with Crippen LogP contribution in [0.5, 0.6) is 0 Å². The largest absolute Gasteiger partial charge is 0.399 e. The van der Waals surface area contributed by atoms with Crippen LogP contribution in [-0.4, -0.2) is 31.2 Å². The predicted molar refractivity (Wildman–Crippen MR) is 98.0 cm³/mol. The Balaban J connectivity index is 2.32. The average molecular weight is 354 g/mol. The van der Waals surface area contributed by atoms with Gasteiger partial charge in [-0.3, -0.25) is 4.79 Å². The number of fused-ring (bicyclic) bond motifs is 1. The van der Waals surface area contributed by atoms with Crippen molar-refractivity contribution in [3.05, 3.63) is 16.0 Å². The van der Waals surface area contributed by atoms with E-state index in [-0.39, 0.29) is 11.3 Å². The van der Waals surface area contributed by atoms with Crippen LogP contribution in [0.15, 0.2) is 14.5 Å². The molecule has 1 aliphatic carbocycles. The summed E-state index contributed by atoms with van der Waals surface area (Å²) in [5, 5.41) is 8.23. The average Bonchev–Trinajstić information content (AvgIpc) is 2.86. The van der Waals surface area contributed by atoms with Crippen molar-refractivity contribution in [3.8, 4) is 0 Å². The van der Waals surface area contributed by atoms with E-state index in [4.69, 9.17) is 4.84 Å². The molecule has 126 valence electrons. The second kappa shape index (κ2) is 7.49. The molecule has 0 radical (unpaired) electrons. The molecule has 1 N–H and O–H groups in total. The molecule has 0 atom stereocenters. The number of hydrazone groups is 1. The molecule has 1 aromatic heterocycles. The summed E-state index contributed by atoms with van der Waals surface area (Å²) >= 11 is 3.15. The van der Waals surface area contributed by atoms with E-state index in [9.17, 15) is 4.79 Å². The van der Waals surface area contributed by atoms with Gasteiger partial charge in [-0.15, -0.1) is 23.1 Å². The van der Waals surface area contributed by atoms with Gasteiger partial charge in [0.25, 0.3) is 5.91 Å². The van der Waals surface area contributed by atoms with E-state index in [0.29, 0.717) is 0 Å². The highest BCUT2D eigenvalue weighted by Crippen LogP contribution is 2.39. The first-order valence-corrected chi connectivity index (χ1v) is 9.56. The second-order valence-corrected chi connectivity index (χ2v) is 8.51. The predicted octanol–water partition coefficient (Wildman–Crippen LogP) is 3.92. The molecular weight excluding hydrogens is 330 g/mol. The Bertz CT molecular complexity index is 642. The summed E-state index contributed by atoms with van der Waals surface area (Å²) < 4.78 is 1.11. The Morgan fingerprint density at radius 2 is 2.13 bits per heavy atom. The molecule has 0 unspecified atom stereocenters. The van der Waals surface area contributed by atoms with Gasteiger partial charge in [-0.1, -0.05) is 25.9 Å². The molecule has 1 heterocycles. The highest BCUT2D eigenvalue weighted by atomic mass is 32.2. The number of amides is 1. The van der Waals surface area contributed by atoms with E-state index >= 15 is 0 Å². The van der Waals surface area contributed by atoms with Crippen LogP contribution in [0.4, 0.5) is 0 Å². The fraction of sp³-hybridized carbons (Fsp3) is 0.562. The van der Waals surface area contributed by atoms with Crippen molar-refractivity contribution < 1.29 is 9.63 Å². The Hall–Kier alpha value is -1.34. The number of carbonyl (C=O) groups is 1. The number of rotatable bonds is 4. The lowest BCUT2D eigenvalue weighted by Crippen LogP contribution is -2.21. The second-order valence-electron chi connectivity index (χ2n) is 6.42. The summed E-state index contributed by atoms with van der Waals surface area (Å²) in [6.45, 7) is 6.11. The van der Waals surface area contributed by atoms with E-state index in [1.54, 1.807) is 25.1 Å². The molecular formula is C16H23N3O2S2. The Labute approximate surface area is 145 Å². The van der Waals surface area contributed by atoms with Crippen LogP contribution in [0.2, 0.25) is 0 Å². The summed E-state index contributed by atoms with van der Waals surface area (Å²) in [5.74, 6) is -0.147. The van der Waals surface area contributed by atoms with Crippen LogP contribution in [0.3, 0.4) is 0 Å². The van der Waals surface area contributed by atoms with Crippen LogP contribution in [0.1, 0.15) is 54.4 Å². The highest BCUT2D eigenvalue weighted by molar-refractivity contribution is 8.00. The summed E-state index contributed by atoms with van der Waals surface area (Å²) in [6.07, 6.45) is 6.52. The molecule has 1 aromatic rings. The normalized spacial score (nSPS) is 16.7. The number of hydrogen-bond acceptors (Lipinski definition) is 6. The summed E-state index contributed by atoms with van der Waals surface area (Å²) in [6, 6.07) is 0. The third kappa shape index (κ3) is 4.35. The monoisotopic (exact) mass is 353 g/mol. The Kier molecular flexibility index (Phi) is 5.86. The van der Waals surface area contributed by atoms with Gasteiger partial charge in [0.15, 0.2) is 0 Å². The van der Waals surface area contributed by atoms with Crippen LogP contribution < -0.4 is 5.43 Å². The molecule has 2 rings (SSSR count). The molecule has 0 saturated carbocycles. The molecule has 0 aromatic carbocycles. The number of oxime groups is 1. The zero-order valence-electron chi connectivity index (χ0n) is 14.2. The van der Waals surface area contributed by atoms with Crippen molar-refractivity contribution in [3.63, 3.8) is 0 Å². The number of hydrogen-bond donors (Lipinski definition) is 1. The fourth-order valence-electron chi connectivity index (χ4n) is 2.39. The molecule has 0 aliphatic heterocycles. The van der Waals surface area contributed by atoms with Crippen LogP contribution >= 0.6 is 23.1 Å². The number of thioether (sulfide) groups is 1. The van der Waals surface area contributed by atoms with E-state index < -0.39 is 0 Å². The smallest absolute Gasteiger partial charge is 0.281 e. The lowest BCUT2D eigenvalue weighted by molar-refractivity contribution is 0.0958. The van der Waals surface area contributed by atoms with Crippen LogP contribution in [0, 0.1) is 5.41 Å². The minimum atomic E-state index is -0.147. The SMILES string of the molecule is CO/N=C1\CCCc2c(C(=O)N/N=C\C(C)(C)C)sc(SC)c21. The number of nitrogens with one attached hydrogen (secondary N) is 1. The van der Waals surface area contributed by atoms with Crippen molar-refractivity contribution in [2.24, 2.45) is 15.7 Å². The first-order valence-electron chi connectivity index (χ1n) is 7.52. The van der Waals surface area contributed by atoms with Gasteiger partial charge in [-0.05, 0) is 36.5 Å². The summed E-state index contributed by atoms with van der Waals surface area (Å²) in [5.41, 5.74) is 5.68. The van der Waals surface area contributed by atoms with Gasteiger partial charge in [0, 0.05) is 11.8 Å². The van der Waals surface area contributed by atoms with Crippen molar-refractivity contribution in [2.45, 2.75) is 44.2 Å². The molecule has 7 heteroatoms. The quantitative estimate of drug-likeness (QED) is 0.507. The topological polar surface area (TPSA) is 63.0 Å². The van der Waals surface area contributed by atoms with E-state index in [2.05, 4.69) is 15.7 Å². The fourth-order valence-corrected chi connectivity index (χ4v) is 4.42. The molecule has 23 heavy (non-hydrogen) atoms. The van der Waals surface area contributed by atoms with E-state index in [1.807, 2.05) is 27.0 Å². The van der Waals surface area contributed by atoms with Gasteiger partial charge >= 0.3 is 0 Å². The van der Waals surface area contributed by atoms with Gasteiger partial charge in [0.1, 0.15) is 7.11 Å². The zero-order chi connectivity index (χ0) is 17.0. The number of nitrogens with zero attached hydrogens (tertiary/aromatic N) is 2. The standard InChI is InChI=1S/C16H23N3O2S2/c1-16(2,3)9-17-18-14(20)13-10-7-6-8-11(19-21-4)12(10)15(22-5)23-13/h9H,6-8H2,1-5H3,(H,18,20)/b17-9-,19-11+. The zero-order valence-corrected chi connectivity index (χ0v) is 15.9. The molecule has 5 nitrogen and oxygen atoms in total. The molecule has 0 spiro atoms. The molecule has 1 aliphatic rings. The lowest BCUT2D eigenvalue weighted by Gasteiger charge is -2.15. The minimum absolute atomic E-state index is 0.0646. The van der Waals surface area contributed by atoms with Crippen molar-refractivity contribution in [2.75, 3.05) is 13.4 Å². The highest BCUT2D eigenvalue weighted by Gasteiger charge is 2.28. The first kappa shape index (κ1) is 18.0. The molecule has 1 amide bonds. The maximum absolute atomic E-state index is 12.5. The van der Waals surface area contributed by atoms with Gasteiger partial charge in [0.05, 0.1) is 14.8 Å². The van der Waals surface area contributed by atoms with E-state index in [0.717, 1.165) is 45.2 Å². The van der Waals surface area contributed by atoms with Crippen LogP contribution in [0.25, 0.3) is 0 Å². The molecule has 0 bridgehead atoms. The first-order chi connectivity index (χ1) is 10.9. The lowest BCUT2D eigenvalue weighted by atomic mass is 9.92. The molecule has 0 fully saturated rings. The van der Waals surface area contributed by atoms with Crippen LogP contribution in [-0.2, 0) is 11.3 Å². The van der Waals surface area contributed by atoms with Gasteiger partial charge in [-0.2, -0.15) is 5.10 Å². The minimum Gasteiger partial charge on any atom is -0.399 e.